The summed E-state index contributed by atoms with van der Waals surface area (Å²) in [6.45, 7) is 2.19. The van der Waals surface area contributed by atoms with E-state index in [0.717, 1.165) is 24.9 Å². The Morgan fingerprint density at radius 3 is 2.95 bits per heavy atom. The minimum atomic E-state index is -0.114. The average molecular weight is 274 g/mol. The lowest BCUT2D eigenvalue weighted by Gasteiger charge is -2.41. The molecule has 2 aliphatic rings. The molecule has 1 aromatic carbocycles. The highest BCUT2D eigenvalue weighted by atomic mass is 16.5. The highest BCUT2D eigenvalue weighted by Crippen LogP contribution is 2.34. The second kappa shape index (κ2) is 5.54. The number of methoxy groups -OCH3 is 1. The Kier molecular flexibility index (Phi) is 3.76. The first-order chi connectivity index (χ1) is 9.74. The molecular formula is C16H22N2O2. The van der Waals surface area contributed by atoms with Crippen molar-refractivity contribution in [3.8, 4) is 0 Å². The summed E-state index contributed by atoms with van der Waals surface area (Å²) in [5.41, 5.74) is 2.27. The zero-order valence-electron chi connectivity index (χ0n) is 11.9. The number of hydrogen-bond acceptors (Lipinski definition) is 3. The van der Waals surface area contributed by atoms with E-state index in [4.69, 9.17) is 4.74 Å². The summed E-state index contributed by atoms with van der Waals surface area (Å²) in [6, 6.07) is 8.18. The highest BCUT2D eigenvalue weighted by Gasteiger charge is 2.38. The van der Waals surface area contributed by atoms with Crippen LogP contribution < -0.4 is 10.6 Å². The molecule has 1 aliphatic heterocycles. The average Bonchev–Trinajstić information content (AvgIpc) is 2.46. The fourth-order valence-electron chi connectivity index (χ4n) is 3.13. The number of amides is 1. The largest absolute Gasteiger partial charge is 0.376 e. The third kappa shape index (κ3) is 2.45. The Hall–Kier alpha value is -1.39. The van der Waals surface area contributed by atoms with Gasteiger partial charge in [-0.1, -0.05) is 24.3 Å². The first kappa shape index (κ1) is 13.6. The monoisotopic (exact) mass is 274 g/mol. The van der Waals surface area contributed by atoms with Gasteiger partial charge in [0, 0.05) is 26.7 Å². The number of carbonyl (C=O) groups excluding carboxylic acids is 1. The van der Waals surface area contributed by atoms with Crippen LogP contribution in [0.3, 0.4) is 0 Å². The van der Waals surface area contributed by atoms with Crippen LogP contribution in [0.5, 0.6) is 0 Å². The third-order valence-corrected chi connectivity index (χ3v) is 4.69. The number of fused-ring (bicyclic) bond motifs is 1. The zero-order valence-corrected chi connectivity index (χ0v) is 11.9. The summed E-state index contributed by atoms with van der Waals surface area (Å²) in [6.07, 6.45) is 3.28. The molecule has 0 bridgehead atoms. The minimum Gasteiger partial charge on any atom is -0.376 e. The highest BCUT2D eigenvalue weighted by molar-refractivity contribution is 5.84. The molecule has 2 N–H and O–H groups in total. The molecule has 1 heterocycles. The quantitative estimate of drug-likeness (QED) is 0.876. The lowest BCUT2D eigenvalue weighted by atomic mass is 9.79. The van der Waals surface area contributed by atoms with Crippen LogP contribution in [0.15, 0.2) is 24.3 Å². The fraction of sp³-hybridized carbons (Fsp3) is 0.562. The van der Waals surface area contributed by atoms with Gasteiger partial charge in [0.15, 0.2) is 0 Å². The number of carbonyl (C=O) groups is 1. The summed E-state index contributed by atoms with van der Waals surface area (Å²) in [4.78, 5) is 12.5. The van der Waals surface area contributed by atoms with Crippen LogP contribution in [-0.2, 0) is 16.1 Å². The maximum Gasteiger partial charge on any atom is 0.228 e. The predicted molar refractivity (Wildman–Crippen MR) is 77.5 cm³/mol. The van der Waals surface area contributed by atoms with E-state index in [9.17, 15) is 4.79 Å². The van der Waals surface area contributed by atoms with Crippen molar-refractivity contribution in [3.63, 3.8) is 0 Å². The Bertz CT molecular complexity index is 491. The van der Waals surface area contributed by atoms with E-state index < -0.39 is 0 Å². The maximum absolute atomic E-state index is 12.5. The van der Waals surface area contributed by atoms with Gasteiger partial charge in [-0.25, -0.2) is 0 Å². The molecule has 0 spiro atoms. The molecule has 4 heteroatoms. The third-order valence-electron chi connectivity index (χ3n) is 4.69. The summed E-state index contributed by atoms with van der Waals surface area (Å²) >= 11 is 0. The van der Waals surface area contributed by atoms with E-state index >= 15 is 0 Å². The van der Waals surface area contributed by atoms with Crippen LogP contribution in [0.25, 0.3) is 0 Å². The molecule has 0 saturated heterocycles. The van der Waals surface area contributed by atoms with Crippen molar-refractivity contribution in [1.82, 2.24) is 10.6 Å². The van der Waals surface area contributed by atoms with E-state index in [1.54, 1.807) is 7.11 Å². The lowest BCUT2D eigenvalue weighted by molar-refractivity contribution is -0.126. The van der Waals surface area contributed by atoms with Gasteiger partial charge in [0.25, 0.3) is 0 Å². The van der Waals surface area contributed by atoms with Gasteiger partial charge >= 0.3 is 0 Å². The number of nitrogens with one attached hydrogen (secondary N) is 2. The summed E-state index contributed by atoms with van der Waals surface area (Å²) in [5.74, 6) is 0.0157. The van der Waals surface area contributed by atoms with Crippen molar-refractivity contribution in [2.24, 2.45) is 0 Å². The molecule has 1 fully saturated rings. The van der Waals surface area contributed by atoms with Crippen molar-refractivity contribution < 1.29 is 9.53 Å². The van der Waals surface area contributed by atoms with Crippen LogP contribution in [-0.4, -0.2) is 31.7 Å². The van der Waals surface area contributed by atoms with Crippen molar-refractivity contribution in [2.45, 2.75) is 37.3 Å². The molecule has 1 aliphatic carbocycles. The standard InChI is InChI=1S/C16H22N2O2/c1-20-16(7-4-8-16)11-18-15(19)14-10-17-9-12-5-2-3-6-13(12)14/h2-3,5-6,14,17H,4,7-11H2,1H3,(H,18,19). The summed E-state index contributed by atoms with van der Waals surface area (Å²) in [5, 5.41) is 6.40. The van der Waals surface area contributed by atoms with E-state index in [0.29, 0.717) is 13.1 Å². The molecule has 1 amide bonds. The van der Waals surface area contributed by atoms with Crippen LogP contribution in [0.4, 0.5) is 0 Å². The molecule has 1 unspecified atom stereocenters. The lowest BCUT2D eigenvalue weighted by Crippen LogP contribution is -2.51. The smallest absolute Gasteiger partial charge is 0.228 e. The molecule has 1 aromatic rings. The summed E-state index contributed by atoms with van der Waals surface area (Å²) < 4.78 is 5.55. The number of benzene rings is 1. The fourth-order valence-corrected chi connectivity index (χ4v) is 3.13. The molecule has 1 atom stereocenters. The molecule has 1 saturated carbocycles. The number of ether oxygens (including phenoxy) is 1. The van der Waals surface area contributed by atoms with Gasteiger partial charge in [0.1, 0.15) is 0 Å². The number of hydrogen-bond donors (Lipinski definition) is 2. The van der Waals surface area contributed by atoms with Gasteiger partial charge in [-0.05, 0) is 30.4 Å². The first-order valence-electron chi connectivity index (χ1n) is 7.35. The van der Waals surface area contributed by atoms with Crippen molar-refractivity contribution >= 4 is 5.91 Å². The first-order valence-corrected chi connectivity index (χ1v) is 7.35. The Labute approximate surface area is 119 Å². The van der Waals surface area contributed by atoms with E-state index in [1.807, 2.05) is 12.1 Å². The van der Waals surface area contributed by atoms with Gasteiger partial charge in [0.2, 0.25) is 5.91 Å². The molecule has 108 valence electrons. The molecular weight excluding hydrogens is 252 g/mol. The molecule has 3 rings (SSSR count). The zero-order chi connectivity index (χ0) is 14.0. The molecule has 0 radical (unpaired) electrons. The summed E-state index contributed by atoms with van der Waals surface area (Å²) in [7, 11) is 1.74. The minimum absolute atomic E-state index is 0.0890. The normalized spacial score (nSPS) is 23.6. The second-order valence-electron chi connectivity index (χ2n) is 5.84. The maximum atomic E-state index is 12.5. The Balaban J connectivity index is 1.66. The van der Waals surface area contributed by atoms with E-state index in [-0.39, 0.29) is 17.4 Å². The Morgan fingerprint density at radius 2 is 2.25 bits per heavy atom. The van der Waals surface area contributed by atoms with Gasteiger partial charge < -0.3 is 15.4 Å². The van der Waals surface area contributed by atoms with Gasteiger partial charge in [-0.3, -0.25) is 4.79 Å². The van der Waals surface area contributed by atoms with Crippen molar-refractivity contribution in [1.29, 1.82) is 0 Å². The number of rotatable bonds is 4. The van der Waals surface area contributed by atoms with Crippen LogP contribution in [0.1, 0.15) is 36.3 Å². The SMILES string of the molecule is COC1(CNC(=O)C2CNCc3ccccc32)CCC1. The molecule has 0 aromatic heterocycles. The van der Waals surface area contributed by atoms with E-state index in [2.05, 4.69) is 22.8 Å². The predicted octanol–water partition coefficient (Wildman–Crippen LogP) is 1.56. The molecule has 4 nitrogen and oxygen atoms in total. The topological polar surface area (TPSA) is 50.4 Å². The van der Waals surface area contributed by atoms with E-state index in [1.165, 1.54) is 12.0 Å². The van der Waals surface area contributed by atoms with Crippen LogP contribution in [0, 0.1) is 0 Å². The van der Waals surface area contributed by atoms with Crippen LogP contribution >= 0.6 is 0 Å². The van der Waals surface area contributed by atoms with Crippen molar-refractivity contribution in [2.75, 3.05) is 20.2 Å². The molecule has 20 heavy (non-hydrogen) atoms. The van der Waals surface area contributed by atoms with Crippen LogP contribution in [0.2, 0.25) is 0 Å². The van der Waals surface area contributed by atoms with Gasteiger partial charge in [0.05, 0.1) is 11.5 Å². The van der Waals surface area contributed by atoms with Gasteiger partial charge in [-0.2, -0.15) is 0 Å². The van der Waals surface area contributed by atoms with Gasteiger partial charge in [-0.15, -0.1) is 0 Å². The second-order valence-corrected chi connectivity index (χ2v) is 5.84. The van der Waals surface area contributed by atoms with Crippen molar-refractivity contribution in [3.05, 3.63) is 35.4 Å². The Morgan fingerprint density at radius 1 is 1.45 bits per heavy atom.